The minimum absolute atomic E-state index is 0.156. The number of esters is 1. The van der Waals surface area contributed by atoms with E-state index in [-0.39, 0.29) is 12.5 Å². The zero-order valence-corrected chi connectivity index (χ0v) is 11.3. The second-order valence-electron chi connectivity index (χ2n) is 4.21. The lowest BCUT2D eigenvalue weighted by Crippen LogP contribution is -2.45. The molecule has 0 radical (unpaired) electrons. The number of rotatable bonds is 5. The number of carbonyl (C=O) groups excluding carboxylic acids is 2. The van der Waals surface area contributed by atoms with Gasteiger partial charge in [-0.1, -0.05) is 0 Å². The van der Waals surface area contributed by atoms with Crippen molar-refractivity contribution < 1.29 is 14.3 Å². The number of H-pyrrole nitrogens is 1. The Balaban J connectivity index is 2.02. The van der Waals surface area contributed by atoms with E-state index in [0.717, 1.165) is 11.0 Å². The van der Waals surface area contributed by atoms with E-state index in [1.54, 1.807) is 31.6 Å². The van der Waals surface area contributed by atoms with Crippen LogP contribution in [0.4, 0.5) is 0 Å². The molecule has 0 aliphatic rings. The van der Waals surface area contributed by atoms with Crippen LogP contribution in [0, 0.1) is 0 Å². The SMILES string of the molecule is CN[C@@H](CNC(=O)c1ccc2nc[nH]c2c1)C(=O)OC. The van der Waals surface area contributed by atoms with Gasteiger partial charge in [-0.3, -0.25) is 9.59 Å². The lowest BCUT2D eigenvalue weighted by atomic mass is 10.2. The standard InChI is InChI=1S/C13H16N4O3/c1-14-11(13(19)20-2)6-15-12(18)8-3-4-9-10(5-8)17-7-16-9/h3-5,7,11,14H,6H2,1-2H3,(H,15,18)(H,16,17)/t11-/m0/s1. The molecule has 0 aliphatic heterocycles. The third kappa shape index (κ3) is 2.94. The number of fused-ring (bicyclic) bond motifs is 1. The van der Waals surface area contributed by atoms with E-state index in [9.17, 15) is 9.59 Å². The van der Waals surface area contributed by atoms with E-state index in [1.165, 1.54) is 7.11 Å². The first-order valence-electron chi connectivity index (χ1n) is 6.12. The summed E-state index contributed by atoms with van der Waals surface area (Å²) in [5.41, 5.74) is 2.08. The molecule has 0 aliphatic carbocycles. The Bertz CT molecular complexity index is 623. The van der Waals surface area contributed by atoms with Gasteiger partial charge in [0.15, 0.2) is 0 Å². The van der Waals surface area contributed by atoms with Gasteiger partial charge in [0.05, 0.1) is 24.5 Å². The van der Waals surface area contributed by atoms with Crippen molar-refractivity contribution >= 4 is 22.9 Å². The predicted molar refractivity (Wildman–Crippen MR) is 73.3 cm³/mol. The number of hydrogen-bond donors (Lipinski definition) is 3. The van der Waals surface area contributed by atoms with Crippen molar-refractivity contribution in [3.05, 3.63) is 30.1 Å². The van der Waals surface area contributed by atoms with E-state index in [0.29, 0.717) is 5.56 Å². The summed E-state index contributed by atoms with van der Waals surface area (Å²) < 4.78 is 4.62. The molecule has 1 aromatic heterocycles. The molecule has 0 fully saturated rings. The van der Waals surface area contributed by atoms with Crippen molar-refractivity contribution in [1.82, 2.24) is 20.6 Å². The average Bonchev–Trinajstić information content (AvgIpc) is 2.94. The molecule has 0 unspecified atom stereocenters. The quantitative estimate of drug-likeness (QED) is 0.671. The Hall–Kier alpha value is -2.41. The van der Waals surface area contributed by atoms with Crippen LogP contribution in [0.2, 0.25) is 0 Å². The fraction of sp³-hybridized carbons (Fsp3) is 0.308. The third-order valence-corrected chi connectivity index (χ3v) is 2.98. The summed E-state index contributed by atoms with van der Waals surface area (Å²) in [4.78, 5) is 30.4. The van der Waals surface area contributed by atoms with Gasteiger partial charge >= 0.3 is 5.97 Å². The zero-order valence-electron chi connectivity index (χ0n) is 11.3. The maximum Gasteiger partial charge on any atom is 0.324 e. The van der Waals surface area contributed by atoms with Gasteiger partial charge in [-0.25, -0.2) is 4.98 Å². The summed E-state index contributed by atoms with van der Waals surface area (Å²) in [5, 5.41) is 5.47. The Morgan fingerprint density at radius 3 is 2.95 bits per heavy atom. The van der Waals surface area contributed by atoms with Crippen LogP contribution in [-0.4, -0.2) is 48.6 Å². The van der Waals surface area contributed by atoms with Crippen LogP contribution in [0.3, 0.4) is 0 Å². The Kier molecular flexibility index (Phi) is 4.31. The number of likely N-dealkylation sites (N-methyl/N-ethyl adjacent to an activating group) is 1. The highest BCUT2D eigenvalue weighted by Gasteiger charge is 2.18. The number of amides is 1. The molecule has 2 aromatic rings. The molecule has 1 atom stereocenters. The highest BCUT2D eigenvalue weighted by Crippen LogP contribution is 2.11. The molecule has 0 saturated heterocycles. The monoisotopic (exact) mass is 276 g/mol. The number of hydrogen-bond acceptors (Lipinski definition) is 5. The predicted octanol–water partition coefficient (Wildman–Crippen LogP) is 0.0537. The highest BCUT2D eigenvalue weighted by atomic mass is 16.5. The minimum atomic E-state index is -0.570. The molecule has 1 amide bonds. The lowest BCUT2D eigenvalue weighted by Gasteiger charge is -2.14. The summed E-state index contributed by atoms with van der Waals surface area (Å²) in [6, 6.07) is 4.59. The van der Waals surface area contributed by atoms with Gasteiger partial charge in [-0.2, -0.15) is 0 Å². The first kappa shape index (κ1) is 14.0. The van der Waals surface area contributed by atoms with Gasteiger partial charge in [-0.15, -0.1) is 0 Å². The molecule has 1 aromatic carbocycles. The van der Waals surface area contributed by atoms with Gasteiger partial charge in [0, 0.05) is 12.1 Å². The van der Waals surface area contributed by atoms with Crippen LogP contribution < -0.4 is 10.6 Å². The number of benzene rings is 1. The number of ether oxygens (including phenoxy) is 1. The third-order valence-electron chi connectivity index (χ3n) is 2.98. The number of methoxy groups -OCH3 is 1. The summed E-state index contributed by atoms with van der Waals surface area (Å²) >= 11 is 0. The number of aromatic nitrogens is 2. The second-order valence-corrected chi connectivity index (χ2v) is 4.21. The summed E-state index contributed by atoms with van der Waals surface area (Å²) in [7, 11) is 2.94. The second kappa shape index (κ2) is 6.16. The minimum Gasteiger partial charge on any atom is -0.468 e. The number of nitrogens with zero attached hydrogens (tertiary/aromatic N) is 1. The van der Waals surface area contributed by atoms with Crippen molar-refractivity contribution in [2.45, 2.75) is 6.04 Å². The fourth-order valence-corrected chi connectivity index (χ4v) is 1.82. The molecule has 0 bridgehead atoms. The molecule has 3 N–H and O–H groups in total. The maximum atomic E-state index is 12.0. The van der Waals surface area contributed by atoms with Crippen LogP contribution in [0.5, 0.6) is 0 Å². The number of carbonyl (C=O) groups is 2. The van der Waals surface area contributed by atoms with Crippen LogP contribution >= 0.6 is 0 Å². The zero-order chi connectivity index (χ0) is 14.5. The number of imidazole rings is 1. The van der Waals surface area contributed by atoms with Gasteiger partial charge < -0.3 is 20.4 Å². The molecule has 0 spiro atoms. The Labute approximate surface area is 115 Å². The number of aromatic amines is 1. The van der Waals surface area contributed by atoms with Gasteiger partial charge in [-0.05, 0) is 25.2 Å². The highest BCUT2D eigenvalue weighted by molar-refractivity contribution is 5.97. The molecule has 20 heavy (non-hydrogen) atoms. The van der Waals surface area contributed by atoms with E-state index in [2.05, 4.69) is 25.3 Å². The van der Waals surface area contributed by atoms with Crippen molar-refractivity contribution in [2.24, 2.45) is 0 Å². The average molecular weight is 276 g/mol. The van der Waals surface area contributed by atoms with Crippen molar-refractivity contribution in [3.63, 3.8) is 0 Å². The smallest absolute Gasteiger partial charge is 0.324 e. The largest absolute Gasteiger partial charge is 0.468 e. The van der Waals surface area contributed by atoms with E-state index < -0.39 is 12.0 Å². The number of nitrogens with one attached hydrogen (secondary N) is 3. The summed E-state index contributed by atoms with van der Waals surface area (Å²) in [6.45, 7) is 0.156. The molecule has 1 heterocycles. The Morgan fingerprint density at radius 2 is 2.25 bits per heavy atom. The van der Waals surface area contributed by atoms with Gasteiger partial charge in [0.25, 0.3) is 5.91 Å². The van der Waals surface area contributed by atoms with E-state index in [1.807, 2.05) is 0 Å². The summed E-state index contributed by atoms with van der Waals surface area (Å²) in [5.74, 6) is -0.678. The fourth-order valence-electron chi connectivity index (χ4n) is 1.82. The van der Waals surface area contributed by atoms with Crippen LogP contribution in [0.25, 0.3) is 11.0 Å². The molecule has 106 valence electrons. The summed E-state index contributed by atoms with van der Waals surface area (Å²) in [6.07, 6.45) is 1.57. The molecule has 0 saturated carbocycles. The molecule has 7 heteroatoms. The molecule has 2 rings (SSSR count). The van der Waals surface area contributed by atoms with E-state index in [4.69, 9.17) is 0 Å². The van der Waals surface area contributed by atoms with E-state index >= 15 is 0 Å². The maximum absolute atomic E-state index is 12.0. The van der Waals surface area contributed by atoms with Gasteiger partial charge in [0.1, 0.15) is 6.04 Å². The van der Waals surface area contributed by atoms with Crippen LogP contribution in [0.1, 0.15) is 10.4 Å². The van der Waals surface area contributed by atoms with Crippen LogP contribution in [-0.2, 0) is 9.53 Å². The first-order chi connectivity index (χ1) is 9.65. The first-order valence-corrected chi connectivity index (χ1v) is 6.12. The molecular weight excluding hydrogens is 260 g/mol. The van der Waals surface area contributed by atoms with Crippen molar-refractivity contribution in [2.75, 3.05) is 20.7 Å². The molecule has 7 nitrogen and oxygen atoms in total. The Morgan fingerprint density at radius 1 is 1.45 bits per heavy atom. The normalized spacial score (nSPS) is 12.1. The van der Waals surface area contributed by atoms with Crippen LogP contribution in [0.15, 0.2) is 24.5 Å². The molecular formula is C13H16N4O3. The van der Waals surface area contributed by atoms with Crippen molar-refractivity contribution in [3.8, 4) is 0 Å². The van der Waals surface area contributed by atoms with Crippen molar-refractivity contribution in [1.29, 1.82) is 0 Å². The van der Waals surface area contributed by atoms with Gasteiger partial charge in [0.2, 0.25) is 0 Å². The topological polar surface area (TPSA) is 96.1 Å². The lowest BCUT2D eigenvalue weighted by molar-refractivity contribution is -0.142.